The van der Waals surface area contributed by atoms with Gasteiger partial charge in [-0.25, -0.2) is 0 Å². The number of carbonyl (C=O) groups is 1. The molecule has 0 saturated carbocycles. The molecule has 3 aromatic rings. The summed E-state index contributed by atoms with van der Waals surface area (Å²) in [5.74, 6) is 0.913. The lowest BCUT2D eigenvalue weighted by molar-refractivity contribution is -0.115. The molecule has 0 aliphatic carbocycles. The molecule has 1 aromatic heterocycles. The topological polar surface area (TPSA) is 73.1 Å². The average molecular weight is 355 g/mol. The highest BCUT2D eigenvalue weighted by molar-refractivity contribution is 7.99. The molecule has 0 N–H and O–H groups in total. The quantitative estimate of drug-likeness (QED) is 0.632. The number of methoxy groups -OCH3 is 1. The van der Waals surface area contributed by atoms with Crippen LogP contribution in [0.4, 0.5) is 5.69 Å². The van der Waals surface area contributed by atoms with Crippen LogP contribution in [0.25, 0.3) is 5.69 Å². The third-order valence-electron chi connectivity index (χ3n) is 3.58. The Labute approximate surface area is 149 Å². The summed E-state index contributed by atoms with van der Waals surface area (Å²) < 4.78 is 6.81. The molecule has 0 spiro atoms. The smallest absolute Gasteiger partial charge is 0.237 e. The second-order valence-corrected chi connectivity index (χ2v) is 6.09. The minimum Gasteiger partial charge on any atom is -0.497 e. The van der Waals surface area contributed by atoms with Crippen molar-refractivity contribution in [3.63, 3.8) is 0 Å². The summed E-state index contributed by atoms with van der Waals surface area (Å²) in [7, 11) is 3.36. The van der Waals surface area contributed by atoms with Crippen LogP contribution in [0.3, 0.4) is 0 Å². The Morgan fingerprint density at radius 3 is 2.76 bits per heavy atom. The Bertz CT molecular complexity index is 853. The molecule has 3 rings (SSSR count). The van der Waals surface area contributed by atoms with E-state index in [9.17, 15) is 4.79 Å². The Balaban J connectivity index is 1.70. The van der Waals surface area contributed by atoms with E-state index in [0.717, 1.165) is 11.4 Å². The molecule has 8 heteroatoms. The van der Waals surface area contributed by atoms with Gasteiger partial charge in [0.1, 0.15) is 5.75 Å². The van der Waals surface area contributed by atoms with Gasteiger partial charge in [-0.05, 0) is 34.7 Å². The maximum atomic E-state index is 12.4. The molecule has 0 unspecified atom stereocenters. The zero-order valence-electron chi connectivity index (χ0n) is 13.9. The maximum Gasteiger partial charge on any atom is 0.237 e. The molecule has 0 aliphatic rings. The third-order valence-corrected chi connectivity index (χ3v) is 4.49. The number of hydrogen-bond donors (Lipinski definition) is 0. The highest BCUT2D eigenvalue weighted by atomic mass is 32.2. The van der Waals surface area contributed by atoms with Crippen LogP contribution in [0.15, 0.2) is 59.8 Å². The monoisotopic (exact) mass is 355 g/mol. The second kappa shape index (κ2) is 7.80. The second-order valence-electron chi connectivity index (χ2n) is 5.15. The van der Waals surface area contributed by atoms with E-state index in [4.69, 9.17) is 4.74 Å². The van der Waals surface area contributed by atoms with Gasteiger partial charge in [-0.3, -0.25) is 4.79 Å². The zero-order chi connectivity index (χ0) is 17.6. The Morgan fingerprint density at radius 2 is 2.00 bits per heavy atom. The first-order valence-corrected chi connectivity index (χ1v) is 8.55. The van der Waals surface area contributed by atoms with Crippen molar-refractivity contribution in [3.05, 3.63) is 54.6 Å². The molecule has 0 atom stereocenters. The summed E-state index contributed by atoms with van der Waals surface area (Å²) in [6.07, 6.45) is 0. The SMILES string of the molecule is COc1cccc(-n2nnnc2SCC(=O)N(C)c2ccccc2)c1. The van der Waals surface area contributed by atoms with Gasteiger partial charge >= 0.3 is 0 Å². The van der Waals surface area contributed by atoms with Gasteiger partial charge in [-0.15, -0.1) is 5.10 Å². The lowest BCUT2D eigenvalue weighted by Gasteiger charge is -2.16. The van der Waals surface area contributed by atoms with Crippen LogP contribution in [-0.4, -0.2) is 46.0 Å². The largest absolute Gasteiger partial charge is 0.497 e. The number of anilines is 1. The van der Waals surface area contributed by atoms with E-state index in [1.54, 1.807) is 23.7 Å². The fourth-order valence-electron chi connectivity index (χ4n) is 2.19. The summed E-state index contributed by atoms with van der Waals surface area (Å²) in [4.78, 5) is 14.0. The van der Waals surface area contributed by atoms with Crippen molar-refractivity contribution in [2.75, 3.05) is 24.8 Å². The number of rotatable bonds is 6. The number of tetrazole rings is 1. The lowest BCUT2D eigenvalue weighted by Crippen LogP contribution is -2.27. The molecule has 0 fully saturated rings. The number of para-hydroxylation sites is 1. The minimum atomic E-state index is -0.0311. The molecule has 25 heavy (non-hydrogen) atoms. The molecule has 0 aliphatic heterocycles. The van der Waals surface area contributed by atoms with Gasteiger partial charge in [0, 0.05) is 18.8 Å². The van der Waals surface area contributed by atoms with E-state index >= 15 is 0 Å². The summed E-state index contributed by atoms with van der Waals surface area (Å²) in [6, 6.07) is 16.9. The molecular weight excluding hydrogens is 338 g/mol. The molecule has 2 aromatic carbocycles. The summed E-state index contributed by atoms with van der Waals surface area (Å²) >= 11 is 1.29. The Morgan fingerprint density at radius 1 is 1.20 bits per heavy atom. The molecule has 0 radical (unpaired) electrons. The number of benzene rings is 2. The zero-order valence-corrected chi connectivity index (χ0v) is 14.7. The Hall–Kier alpha value is -2.87. The van der Waals surface area contributed by atoms with Gasteiger partial charge in [-0.2, -0.15) is 4.68 Å². The first kappa shape index (κ1) is 17.0. The van der Waals surface area contributed by atoms with Crippen molar-refractivity contribution < 1.29 is 9.53 Å². The normalized spacial score (nSPS) is 10.5. The van der Waals surface area contributed by atoms with Gasteiger partial charge in [-0.1, -0.05) is 36.0 Å². The lowest BCUT2D eigenvalue weighted by atomic mass is 10.3. The fourth-order valence-corrected chi connectivity index (χ4v) is 3.00. The number of aromatic nitrogens is 4. The van der Waals surface area contributed by atoms with E-state index < -0.39 is 0 Å². The fraction of sp³-hybridized carbons (Fsp3) is 0.176. The Kier molecular flexibility index (Phi) is 5.30. The number of carbonyl (C=O) groups excluding carboxylic acids is 1. The van der Waals surface area contributed by atoms with Gasteiger partial charge in [0.15, 0.2) is 0 Å². The van der Waals surface area contributed by atoms with E-state index in [0.29, 0.717) is 10.9 Å². The summed E-state index contributed by atoms with van der Waals surface area (Å²) in [6.45, 7) is 0. The van der Waals surface area contributed by atoms with Crippen LogP contribution in [0.5, 0.6) is 5.75 Å². The average Bonchev–Trinajstić information content (AvgIpc) is 3.15. The van der Waals surface area contributed by atoms with Crippen molar-refractivity contribution in [2.24, 2.45) is 0 Å². The van der Waals surface area contributed by atoms with Crippen molar-refractivity contribution in [1.29, 1.82) is 0 Å². The van der Waals surface area contributed by atoms with E-state index in [1.807, 2.05) is 54.6 Å². The highest BCUT2D eigenvalue weighted by Gasteiger charge is 2.15. The number of thioether (sulfide) groups is 1. The molecule has 1 amide bonds. The van der Waals surface area contributed by atoms with Crippen molar-refractivity contribution >= 4 is 23.4 Å². The molecule has 1 heterocycles. The van der Waals surface area contributed by atoms with Crippen LogP contribution in [0.1, 0.15) is 0 Å². The molecule has 128 valence electrons. The van der Waals surface area contributed by atoms with Crippen LogP contribution >= 0.6 is 11.8 Å². The first-order valence-electron chi connectivity index (χ1n) is 7.56. The van der Waals surface area contributed by atoms with Crippen molar-refractivity contribution in [3.8, 4) is 11.4 Å². The van der Waals surface area contributed by atoms with Gasteiger partial charge in [0.05, 0.1) is 18.6 Å². The maximum absolute atomic E-state index is 12.4. The minimum absolute atomic E-state index is 0.0311. The predicted octanol–water partition coefficient (Wildman–Crippen LogP) is 2.43. The standard InChI is InChI=1S/C17H17N5O2S/c1-21(13-7-4-3-5-8-13)16(23)12-25-17-18-19-20-22(17)14-9-6-10-15(11-14)24-2/h3-11H,12H2,1-2H3. The summed E-state index contributed by atoms with van der Waals surface area (Å²) in [5, 5.41) is 12.3. The number of amides is 1. The molecule has 7 nitrogen and oxygen atoms in total. The third kappa shape index (κ3) is 3.97. The van der Waals surface area contributed by atoms with Gasteiger partial charge < -0.3 is 9.64 Å². The van der Waals surface area contributed by atoms with E-state index in [2.05, 4.69) is 15.5 Å². The predicted molar refractivity (Wildman–Crippen MR) is 96.3 cm³/mol. The van der Waals surface area contributed by atoms with Crippen LogP contribution in [0, 0.1) is 0 Å². The van der Waals surface area contributed by atoms with E-state index in [1.165, 1.54) is 11.8 Å². The van der Waals surface area contributed by atoms with E-state index in [-0.39, 0.29) is 11.7 Å². The highest BCUT2D eigenvalue weighted by Crippen LogP contribution is 2.22. The molecule has 0 bridgehead atoms. The van der Waals surface area contributed by atoms with Gasteiger partial charge in [0.25, 0.3) is 0 Å². The van der Waals surface area contributed by atoms with Crippen LogP contribution in [0.2, 0.25) is 0 Å². The van der Waals surface area contributed by atoms with Crippen molar-refractivity contribution in [1.82, 2.24) is 20.2 Å². The number of ether oxygens (including phenoxy) is 1. The number of nitrogens with zero attached hydrogens (tertiary/aromatic N) is 5. The van der Waals surface area contributed by atoms with Crippen LogP contribution < -0.4 is 9.64 Å². The van der Waals surface area contributed by atoms with Crippen molar-refractivity contribution in [2.45, 2.75) is 5.16 Å². The summed E-state index contributed by atoms with van der Waals surface area (Å²) in [5.41, 5.74) is 1.62. The first-order chi connectivity index (χ1) is 12.2. The number of hydrogen-bond acceptors (Lipinski definition) is 6. The molecule has 0 saturated heterocycles. The van der Waals surface area contributed by atoms with Crippen LogP contribution in [-0.2, 0) is 4.79 Å². The molecular formula is C17H17N5O2S. The van der Waals surface area contributed by atoms with Gasteiger partial charge in [0.2, 0.25) is 11.1 Å².